The molecular formula is C12H15FN2O. The highest BCUT2D eigenvalue weighted by Gasteiger charge is 2.17. The third-order valence-electron chi connectivity index (χ3n) is 2.39. The van der Waals surface area contributed by atoms with Crippen LogP contribution in [-0.4, -0.2) is 5.11 Å². The van der Waals surface area contributed by atoms with Gasteiger partial charge in [-0.05, 0) is 18.4 Å². The molecule has 4 heteroatoms. The number of nitriles is 1. The molecule has 1 rings (SSSR count). The minimum absolute atomic E-state index is 0.336. The topological polar surface area (TPSA) is 70.0 Å². The maximum Gasteiger partial charge on any atom is 0.144 e. The summed E-state index contributed by atoms with van der Waals surface area (Å²) in [7, 11) is 0. The van der Waals surface area contributed by atoms with Crippen LogP contribution in [0.5, 0.6) is 5.75 Å². The first-order chi connectivity index (χ1) is 7.47. The maximum atomic E-state index is 13.1. The van der Waals surface area contributed by atoms with Crippen LogP contribution in [0.25, 0.3) is 0 Å². The Morgan fingerprint density at radius 3 is 2.62 bits per heavy atom. The summed E-state index contributed by atoms with van der Waals surface area (Å²) in [6.07, 6.45) is 0.671. The van der Waals surface area contributed by atoms with Crippen molar-refractivity contribution in [3.63, 3.8) is 0 Å². The zero-order chi connectivity index (χ0) is 12.3. The Morgan fingerprint density at radius 1 is 1.50 bits per heavy atom. The summed E-state index contributed by atoms with van der Waals surface area (Å²) >= 11 is 0. The third-order valence-corrected chi connectivity index (χ3v) is 2.39. The second-order valence-corrected chi connectivity index (χ2v) is 4.21. The van der Waals surface area contributed by atoms with Gasteiger partial charge in [-0.1, -0.05) is 19.9 Å². The molecule has 0 fully saturated rings. The third kappa shape index (κ3) is 2.50. The van der Waals surface area contributed by atoms with E-state index in [2.05, 4.69) is 0 Å². The van der Waals surface area contributed by atoms with Crippen molar-refractivity contribution in [2.24, 2.45) is 11.7 Å². The van der Waals surface area contributed by atoms with E-state index in [0.29, 0.717) is 17.9 Å². The molecule has 86 valence electrons. The number of hydrogen-bond donors (Lipinski definition) is 2. The van der Waals surface area contributed by atoms with Crippen LogP contribution in [0.15, 0.2) is 12.1 Å². The number of phenolic OH excluding ortho intramolecular Hbond substituents is 1. The molecule has 16 heavy (non-hydrogen) atoms. The van der Waals surface area contributed by atoms with Crippen LogP contribution in [-0.2, 0) is 0 Å². The maximum absolute atomic E-state index is 13.1. The lowest BCUT2D eigenvalue weighted by Crippen LogP contribution is -2.13. The van der Waals surface area contributed by atoms with Gasteiger partial charge in [0.05, 0.1) is 0 Å². The van der Waals surface area contributed by atoms with E-state index in [1.165, 1.54) is 6.07 Å². The summed E-state index contributed by atoms with van der Waals surface area (Å²) in [4.78, 5) is 0. The summed E-state index contributed by atoms with van der Waals surface area (Å²) in [5, 5.41) is 18.4. The average Bonchev–Trinajstić information content (AvgIpc) is 2.17. The van der Waals surface area contributed by atoms with Gasteiger partial charge in [0.2, 0.25) is 0 Å². The van der Waals surface area contributed by atoms with Gasteiger partial charge in [-0.2, -0.15) is 5.26 Å². The fourth-order valence-corrected chi connectivity index (χ4v) is 1.62. The molecule has 1 atom stereocenters. The molecule has 0 bridgehead atoms. The Kier molecular flexibility index (Phi) is 3.86. The highest BCUT2D eigenvalue weighted by molar-refractivity contribution is 5.49. The molecule has 1 aromatic carbocycles. The van der Waals surface area contributed by atoms with E-state index in [0.717, 1.165) is 6.07 Å². The first kappa shape index (κ1) is 12.5. The van der Waals surface area contributed by atoms with Gasteiger partial charge >= 0.3 is 0 Å². The summed E-state index contributed by atoms with van der Waals surface area (Å²) in [6, 6.07) is 3.84. The monoisotopic (exact) mass is 222 g/mol. The minimum Gasteiger partial charge on any atom is -0.506 e. The van der Waals surface area contributed by atoms with E-state index in [-0.39, 0.29) is 17.4 Å². The molecule has 0 aliphatic carbocycles. The molecule has 0 radical (unpaired) electrons. The molecule has 0 unspecified atom stereocenters. The minimum atomic E-state index is -0.722. The fourth-order valence-electron chi connectivity index (χ4n) is 1.62. The highest BCUT2D eigenvalue weighted by atomic mass is 19.1. The van der Waals surface area contributed by atoms with Crippen LogP contribution in [0, 0.1) is 23.1 Å². The molecule has 0 saturated carbocycles. The first-order valence-corrected chi connectivity index (χ1v) is 5.14. The van der Waals surface area contributed by atoms with Crippen LogP contribution in [0.2, 0.25) is 0 Å². The number of hydrogen-bond acceptors (Lipinski definition) is 3. The number of nitrogens with zero attached hydrogens (tertiary/aromatic N) is 1. The zero-order valence-electron chi connectivity index (χ0n) is 9.37. The number of benzene rings is 1. The molecule has 3 nitrogen and oxygen atoms in total. The van der Waals surface area contributed by atoms with E-state index in [1.54, 1.807) is 6.07 Å². The number of phenols is 1. The Morgan fingerprint density at radius 2 is 2.12 bits per heavy atom. The molecule has 1 aromatic rings. The van der Waals surface area contributed by atoms with Crippen LogP contribution in [0.3, 0.4) is 0 Å². The van der Waals surface area contributed by atoms with Gasteiger partial charge < -0.3 is 10.8 Å². The van der Waals surface area contributed by atoms with Crippen molar-refractivity contribution >= 4 is 0 Å². The SMILES string of the molecule is CC(C)C[C@@H](N)c1ccc(F)c(C#N)c1O. The van der Waals surface area contributed by atoms with Crippen molar-refractivity contribution in [3.8, 4) is 11.8 Å². The van der Waals surface area contributed by atoms with E-state index in [1.807, 2.05) is 13.8 Å². The van der Waals surface area contributed by atoms with Crippen molar-refractivity contribution in [1.82, 2.24) is 0 Å². The van der Waals surface area contributed by atoms with Gasteiger partial charge in [0.15, 0.2) is 0 Å². The summed E-state index contributed by atoms with van der Waals surface area (Å²) in [6.45, 7) is 4.01. The fraction of sp³-hybridized carbons (Fsp3) is 0.417. The Hall–Kier alpha value is -1.60. The van der Waals surface area contributed by atoms with E-state index >= 15 is 0 Å². The molecule has 0 amide bonds. The van der Waals surface area contributed by atoms with E-state index in [4.69, 9.17) is 11.0 Å². The second kappa shape index (κ2) is 4.95. The number of rotatable bonds is 3. The zero-order valence-corrected chi connectivity index (χ0v) is 9.37. The normalized spacial score (nSPS) is 12.5. The van der Waals surface area contributed by atoms with Crippen molar-refractivity contribution in [2.45, 2.75) is 26.3 Å². The average molecular weight is 222 g/mol. The van der Waals surface area contributed by atoms with Crippen LogP contribution in [0.1, 0.15) is 37.4 Å². The molecule has 0 aliphatic rings. The Labute approximate surface area is 94.3 Å². The van der Waals surface area contributed by atoms with Crippen LogP contribution < -0.4 is 5.73 Å². The Balaban J connectivity index is 3.12. The molecule has 0 saturated heterocycles. The number of nitrogens with two attached hydrogens (primary N) is 1. The first-order valence-electron chi connectivity index (χ1n) is 5.14. The second-order valence-electron chi connectivity index (χ2n) is 4.21. The van der Waals surface area contributed by atoms with Gasteiger partial charge in [0.25, 0.3) is 0 Å². The van der Waals surface area contributed by atoms with Crippen LogP contribution >= 0.6 is 0 Å². The van der Waals surface area contributed by atoms with Gasteiger partial charge in [0, 0.05) is 11.6 Å². The molecule has 0 spiro atoms. The lowest BCUT2D eigenvalue weighted by atomic mass is 9.95. The summed E-state index contributed by atoms with van der Waals surface area (Å²) < 4.78 is 13.1. The smallest absolute Gasteiger partial charge is 0.144 e. The Bertz CT molecular complexity index is 424. The molecule has 0 heterocycles. The molecule has 0 aliphatic heterocycles. The van der Waals surface area contributed by atoms with Crippen LogP contribution in [0.4, 0.5) is 4.39 Å². The van der Waals surface area contributed by atoms with Gasteiger partial charge in [-0.15, -0.1) is 0 Å². The van der Waals surface area contributed by atoms with Gasteiger partial charge in [-0.3, -0.25) is 0 Å². The molecule has 3 N–H and O–H groups in total. The number of aromatic hydroxyl groups is 1. The van der Waals surface area contributed by atoms with E-state index < -0.39 is 5.82 Å². The van der Waals surface area contributed by atoms with E-state index in [9.17, 15) is 9.50 Å². The highest BCUT2D eigenvalue weighted by Crippen LogP contribution is 2.31. The van der Waals surface area contributed by atoms with Gasteiger partial charge in [-0.25, -0.2) is 4.39 Å². The summed E-state index contributed by atoms with van der Waals surface area (Å²) in [5.74, 6) is -0.693. The lowest BCUT2D eigenvalue weighted by molar-refractivity contribution is 0.438. The van der Waals surface area contributed by atoms with Crippen molar-refractivity contribution in [3.05, 3.63) is 29.1 Å². The van der Waals surface area contributed by atoms with Gasteiger partial charge in [0.1, 0.15) is 23.2 Å². The van der Waals surface area contributed by atoms with Crippen molar-refractivity contribution in [2.75, 3.05) is 0 Å². The summed E-state index contributed by atoms with van der Waals surface area (Å²) in [5.41, 5.74) is 5.97. The predicted molar refractivity (Wildman–Crippen MR) is 59.2 cm³/mol. The molecule has 0 aromatic heterocycles. The quantitative estimate of drug-likeness (QED) is 0.825. The van der Waals surface area contributed by atoms with Crippen molar-refractivity contribution < 1.29 is 9.50 Å². The predicted octanol–water partition coefficient (Wildman–Crippen LogP) is 2.45. The lowest BCUT2D eigenvalue weighted by Gasteiger charge is -2.16. The largest absolute Gasteiger partial charge is 0.506 e. The van der Waals surface area contributed by atoms with Crippen molar-refractivity contribution in [1.29, 1.82) is 5.26 Å². The molecular weight excluding hydrogens is 207 g/mol. The number of halogens is 1. The standard InChI is InChI=1S/C12H15FN2O/c1-7(2)5-11(15)8-3-4-10(13)9(6-14)12(8)16/h3-4,7,11,16H,5,15H2,1-2H3/t11-/m1/s1.